The number of para-hydroxylation sites is 1. The average Bonchev–Trinajstić information content (AvgIpc) is 3.28. The SMILES string of the molecule is COC[C@H](C)n1c(C)cc(C(=O)COC(=O)c2ccccc2N2CCCC2=O)c1C. The van der Waals surface area contributed by atoms with E-state index in [1.165, 1.54) is 0 Å². The summed E-state index contributed by atoms with van der Waals surface area (Å²) in [6.07, 6.45) is 1.23. The Bertz CT molecular complexity index is 962. The minimum Gasteiger partial charge on any atom is -0.454 e. The van der Waals surface area contributed by atoms with Gasteiger partial charge in [-0.15, -0.1) is 0 Å². The van der Waals surface area contributed by atoms with E-state index >= 15 is 0 Å². The molecule has 0 radical (unpaired) electrons. The van der Waals surface area contributed by atoms with E-state index in [0.717, 1.165) is 17.8 Å². The summed E-state index contributed by atoms with van der Waals surface area (Å²) in [4.78, 5) is 39.1. The number of nitrogens with zero attached hydrogens (tertiary/aromatic N) is 2. The second-order valence-corrected chi connectivity index (χ2v) is 7.62. The van der Waals surface area contributed by atoms with Crippen LogP contribution in [0.3, 0.4) is 0 Å². The summed E-state index contributed by atoms with van der Waals surface area (Å²) in [7, 11) is 1.64. The van der Waals surface area contributed by atoms with Gasteiger partial charge in [0.2, 0.25) is 11.7 Å². The van der Waals surface area contributed by atoms with E-state index in [9.17, 15) is 14.4 Å². The Hall–Kier alpha value is -2.93. The van der Waals surface area contributed by atoms with E-state index in [1.54, 1.807) is 36.3 Å². The lowest BCUT2D eigenvalue weighted by Crippen LogP contribution is -2.26. The smallest absolute Gasteiger partial charge is 0.340 e. The molecule has 1 saturated heterocycles. The molecule has 1 atom stereocenters. The number of ketones is 1. The topological polar surface area (TPSA) is 77.8 Å². The van der Waals surface area contributed by atoms with Crippen molar-refractivity contribution in [2.45, 2.75) is 39.7 Å². The second kappa shape index (κ2) is 9.26. The van der Waals surface area contributed by atoms with E-state index in [1.807, 2.05) is 31.4 Å². The van der Waals surface area contributed by atoms with Crippen molar-refractivity contribution in [2.24, 2.45) is 0 Å². The number of methoxy groups -OCH3 is 1. The van der Waals surface area contributed by atoms with Crippen molar-refractivity contribution in [2.75, 3.05) is 31.8 Å². The summed E-state index contributed by atoms with van der Waals surface area (Å²) in [6, 6.07) is 8.74. The molecule has 1 aliphatic heterocycles. The molecule has 0 spiro atoms. The van der Waals surface area contributed by atoms with Crippen LogP contribution >= 0.6 is 0 Å². The Balaban J connectivity index is 1.73. The van der Waals surface area contributed by atoms with Gasteiger partial charge in [0.15, 0.2) is 6.61 Å². The van der Waals surface area contributed by atoms with Crippen molar-refractivity contribution >= 4 is 23.3 Å². The number of amides is 1. The number of rotatable bonds is 8. The van der Waals surface area contributed by atoms with Crippen LogP contribution in [0.15, 0.2) is 30.3 Å². The molecule has 7 heteroatoms. The number of carbonyl (C=O) groups is 3. The number of hydrogen-bond acceptors (Lipinski definition) is 5. The zero-order valence-corrected chi connectivity index (χ0v) is 17.9. The molecule has 3 rings (SSSR count). The van der Waals surface area contributed by atoms with Crippen LogP contribution in [0.1, 0.15) is 57.9 Å². The monoisotopic (exact) mass is 412 g/mol. The minimum atomic E-state index is -0.611. The maximum atomic E-state index is 12.8. The minimum absolute atomic E-state index is 0.0102. The lowest BCUT2D eigenvalue weighted by Gasteiger charge is -2.19. The fraction of sp³-hybridized carbons (Fsp3) is 0.435. The quantitative estimate of drug-likeness (QED) is 0.490. The third-order valence-corrected chi connectivity index (χ3v) is 5.46. The zero-order chi connectivity index (χ0) is 21.8. The van der Waals surface area contributed by atoms with Crippen molar-refractivity contribution in [1.82, 2.24) is 4.57 Å². The highest BCUT2D eigenvalue weighted by Gasteiger charge is 2.27. The van der Waals surface area contributed by atoms with Crippen LogP contribution in [0.5, 0.6) is 0 Å². The standard InChI is InChI=1S/C23H28N2O5/c1-15-12-19(17(3)25(15)16(2)13-29-4)21(26)14-30-23(28)18-8-5-6-9-20(18)24-11-7-10-22(24)27/h5-6,8-9,12,16H,7,10-11,13-14H2,1-4H3/t16-/m0/s1. The molecule has 0 unspecified atom stereocenters. The molecule has 0 bridgehead atoms. The number of esters is 1. The average molecular weight is 412 g/mol. The number of hydrogen-bond donors (Lipinski definition) is 0. The van der Waals surface area contributed by atoms with Crippen LogP contribution < -0.4 is 4.90 Å². The van der Waals surface area contributed by atoms with Crippen LogP contribution in [0, 0.1) is 13.8 Å². The summed E-state index contributed by atoms with van der Waals surface area (Å²) in [5.41, 5.74) is 3.13. The van der Waals surface area contributed by atoms with Gasteiger partial charge in [-0.2, -0.15) is 0 Å². The third kappa shape index (κ3) is 4.31. The van der Waals surface area contributed by atoms with Gasteiger partial charge in [0, 0.05) is 37.0 Å². The normalized spacial score (nSPS) is 14.8. The van der Waals surface area contributed by atoms with Gasteiger partial charge in [-0.3, -0.25) is 9.59 Å². The largest absolute Gasteiger partial charge is 0.454 e. The maximum absolute atomic E-state index is 12.8. The molecule has 0 aliphatic carbocycles. The van der Waals surface area contributed by atoms with E-state index in [0.29, 0.717) is 36.4 Å². The van der Waals surface area contributed by atoms with Gasteiger partial charge in [-0.25, -0.2) is 4.79 Å². The Labute approximate surface area is 176 Å². The first-order valence-electron chi connectivity index (χ1n) is 10.1. The molecule has 2 heterocycles. The molecule has 7 nitrogen and oxygen atoms in total. The highest BCUT2D eigenvalue weighted by atomic mass is 16.5. The number of Topliss-reactive ketones (excluding diaryl/α,β-unsaturated/α-hetero) is 1. The fourth-order valence-corrected chi connectivity index (χ4v) is 4.12. The van der Waals surface area contributed by atoms with Crippen molar-refractivity contribution in [3.05, 3.63) is 52.8 Å². The maximum Gasteiger partial charge on any atom is 0.340 e. The zero-order valence-electron chi connectivity index (χ0n) is 17.9. The lowest BCUT2D eigenvalue weighted by atomic mass is 10.1. The van der Waals surface area contributed by atoms with E-state index in [-0.39, 0.29) is 24.3 Å². The highest BCUT2D eigenvalue weighted by molar-refractivity contribution is 6.05. The van der Waals surface area contributed by atoms with Gasteiger partial charge in [0.05, 0.1) is 23.9 Å². The first-order chi connectivity index (χ1) is 14.3. The number of anilines is 1. The van der Waals surface area contributed by atoms with Crippen LogP contribution in [0.4, 0.5) is 5.69 Å². The van der Waals surface area contributed by atoms with Crippen LogP contribution in [0.2, 0.25) is 0 Å². The number of aryl methyl sites for hydroxylation is 1. The molecule has 2 aromatic rings. The molecule has 30 heavy (non-hydrogen) atoms. The fourth-order valence-electron chi connectivity index (χ4n) is 4.12. The molecule has 1 aliphatic rings. The van der Waals surface area contributed by atoms with Crippen LogP contribution in [-0.4, -0.2) is 49.1 Å². The Kier molecular flexibility index (Phi) is 6.72. The number of ether oxygens (including phenoxy) is 2. The molecular weight excluding hydrogens is 384 g/mol. The van der Waals surface area contributed by atoms with E-state index in [2.05, 4.69) is 0 Å². The van der Waals surface area contributed by atoms with Crippen molar-refractivity contribution in [1.29, 1.82) is 0 Å². The van der Waals surface area contributed by atoms with Crippen molar-refractivity contribution in [3.63, 3.8) is 0 Å². The summed E-state index contributed by atoms with van der Waals surface area (Å²) < 4.78 is 12.6. The number of aromatic nitrogens is 1. The molecule has 0 saturated carbocycles. The van der Waals surface area contributed by atoms with Gasteiger partial charge in [-0.05, 0) is 45.4 Å². The van der Waals surface area contributed by atoms with E-state index < -0.39 is 5.97 Å². The second-order valence-electron chi connectivity index (χ2n) is 7.62. The molecule has 1 aromatic carbocycles. The molecule has 1 aromatic heterocycles. The summed E-state index contributed by atoms with van der Waals surface area (Å²) in [6.45, 7) is 6.59. The summed E-state index contributed by atoms with van der Waals surface area (Å²) >= 11 is 0. The van der Waals surface area contributed by atoms with Gasteiger partial charge in [0.1, 0.15) is 0 Å². The van der Waals surface area contributed by atoms with Gasteiger partial charge >= 0.3 is 5.97 Å². The predicted octanol–water partition coefficient (Wildman–Crippen LogP) is 3.48. The van der Waals surface area contributed by atoms with Gasteiger partial charge < -0.3 is 18.9 Å². The predicted molar refractivity (Wildman–Crippen MR) is 113 cm³/mol. The first kappa shape index (κ1) is 21.8. The molecule has 1 amide bonds. The van der Waals surface area contributed by atoms with Crippen LogP contribution in [-0.2, 0) is 14.3 Å². The summed E-state index contributed by atoms with van der Waals surface area (Å²) in [5.74, 6) is -0.883. The molecular formula is C23H28N2O5. The first-order valence-corrected chi connectivity index (χ1v) is 10.1. The van der Waals surface area contributed by atoms with Gasteiger partial charge in [-0.1, -0.05) is 12.1 Å². The molecule has 160 valence electrons. The Morgan fingerprint density at radius 1 is 1.17 bits per heavy atom. The summed E-state index contributed by atoms with van der Waals surface area (Å²) in [5, 5.41) is 0. The number of benzene rings is 1. The van der Waals surface area contributed by atoms with Crippen molar-refractivity contribution < 1.29 is 23.9 Å². The lowest BCUT2D eigenvalue weighted by molar-refractivity contribution is -0.117. The molecule has 1 fully saturated rings. The third-order valence-electron chi connectivity index (χ3n) is 5.46. The number of carbonyl (C=O) groups excluding carboxylic acids is 3. The van der Waals surface area contributed by atoms with E-state index in [4.69, 9.17) is 9.47 Å². The Morgan fingerprint density at radius 2 is 1.90 bits per heavy atom. The van der Waals surface area contributed by atoms with Crippen LogP contribution in [0.25, 0.3) is 0 Å². The molecule has 0 N–H and O–H groups in total. The highest BCUT2D eigenvalue weighted by Crippen LogP contribution is 2.26. The van der Waals surface area contributed by atoms with Crippen molar-refractivity contribution in [3.8, 4) is 0 Å². The Morgan fingerprint density at radius 3 is 2.57 bits per heavy atom. The van der Waals surface area contributed by atoms with Gasteiger partial charge in [0.25, 0.3) is 0 Å².